The number of para-hydroxylation sites is 2. The van der Waals surface area contributed by atoms with Gasteiger partial charge in [0.2, 0.25) is 11.9 Å². The molecule has 1 atom stereocenters. The van der Waals surface area contributed by atoms with Crippen molar-refractivity contribution in [3.63, 3.8) is 0 Å². The Balaban J connectivity index is 1.57. The molecule has 3 rings (SSSR count). The molecule has 0 aromatic heterocycles. The van der Waals surface area contributed by atoms with Gasteiger partial charge in [0, 0.05) is 5.56 Å². The van der Waals surface area contributed by atoms with Crippen molar-refractivity contribution >= 4 is 41.3 Å². The summed E-state index contributed by atoms with van der Waals surface area (Å²) in [4.78, 5) is 28.2. The van der Waals surface area contributed by atoms with E-state index in [0.29, 0.717) is 16.3 Å². The summed E-state index contributed by atoms with van der Waals surface area (Å²) < 4.78 is 0. The van der Waals surface area contributed by atoms with Crippen LogP contribution in [0.4, 0.5) is 5.69 Å². The zero-order valence-corrected chi connectivity index (χ0v) is 14.8. The molecule has 27 heavy (non-hydrogen) atoms. The Kier molecular flexibility index (Phi) is 5.68. The van der Waals surface area contributed by atoms with Crippen molar-refractivity contribution in [2.75, 3.05) is 5.32 Å². The molecule has 1 aliphatic rings. The third kappa shape index (κ3) is 4.83. The summed E-state index contributed by atoms with van der Waals surface area (Å²) in [6.45, 7) is 0. The predicted molar refractivity (Wildman–Crippen MR) is 103 cm³/mol. The van der Waals surface area contributed by atoms with Crippen molar-refractivity contribution in [2.24, 2.45) is 10.1 Å². The van der Waals surface area contributed by atoms with Gasteiger partial charge in [-0.1, -0.05) is 35.9 Å². The normalized spacial score (nSPS) is 16.1. The van der Waals surface area contributed by atoms with Crippen molar-refractivity contribution in [3.8, 4) is 5.75 Å². The van der Waals surface area contributed by atoms with E-state index >= 15 is 0 Å². The summed E-state index contributed by atoms with van der Waals surface area (Å²) >= 11 is 5.99. The van der Waals surface area contributed by atoms with Gasteiger partial charge in [-0.3, -0.25) is 14.9 Å². The maximum atomic E-state index is 12.1. The second-order valence-corrected chi connectivity index (χ2v) is 6.05. The van der Waals surface area contributed by atoms with Crippen LogP contribution in [0.25, 0.3) is 0 Å². The summed E-state index contributed by atoms with van der Waals surface area (Å²) in [6.07, 6.45) is 1.26. The second-order valence-electron chi connectivity index (χ2n) is 5.64. The number of aromatic hydroxyl groups is 1. The van der Waals surface area contributed by atoms with Crippen molar-refractivity contribution in [1.82, 2.24) is 10.7 Å². The maximum Gasteiger partial charge on any atom is 0.252 e. The van der Waals surface area contributed by atoms with Gasteiger partial charge in [0.1, 0.15) is 11.8 Å². The van der Waals surface area contributed by atoms with Crippen LogP contribution in [-0.2, 0) is 9.59 Å². The Morgan fingerprint density at radius 1 is 1.26 bits per heavy atom. The fraction of sp³-hybridized carbons (Fsp3) is 0.111. The minimum Gasteiger partial charge on any atom is -0.507 e. The van der Waals surface area contributed by atoms with E-state index in [1.807, 2.05) is 0 Å². The molecule has 2 aromatic carbocycles. The number of hydrogen-bond acceptors (Lipinski definition) is 6. The molecule has 2 amide bonds. The number of amides is 2. The average Bonchev–Trinajstić information content (AvgIpc) is 2.98. The van der Waals surface area contributed by atoms with Gasteiger partial charge in [0.25, 0.3) is 5.91 Å². The van der Waals surface area contributed by atoms with E-state index in [9.17, 15) is 14.7 Å². The molecule has 0 aliphatic carbocycles. The SMILES string of the molecule is O=C(C[C@@H]1N=C(N/N=C\c2ccccc2O)NC1=O)Nc1ccccc1Cl. The number of rotatable bonds is 5. The highest BCUT2D eigenvalue weighted by Gasteiger charge is 2.28. The van der Waals surface area contributed by atoms with Gasteiger partial charge in [0.05, 0.1) is 23.3 Å². The molecule has 1 heterocycles. The highest BCUT2D eigenvalue weighted by atomic mass is 35.5. The molecule has 1 aliphatic heterocycles. The highest BCUT2D eigenvalue weighted by Crippen LogP contribution is 2.21. The van der Waals surface area contributed by atoms with E-state index in [-0.39, 0.29) is 24.0 Å². The number of aliphatic imine (C=N–C) groups is 1. The molecular weight excluding hydrogens is 370 g/mol. The van der Waals surface area contributed by atoms with E-state index in [1.165, 1.54) is 12.3 Å². The minimum absolute atomic E-state index is 0.0783. The van der Waals surface area contributed by atoms with Crippen molar-refractivity contribution in [1.29, 1.82) is 0 Å². The Hall–Kier alpha value is -3.39. The molecule has 4 N–H and O–H groups in total. The number of phenols is 1. The van der Waals surface area contributed by atoms with E-state index < -0.39 is 11.9 Å². The van der Waals surface area contributed by atoms with E-state index in [1.54, 1.807) is 42.5 Å². The van der Waals surface area contributed by atoms with Crippen molar-refractivity contribution in [3.05, 3.63) is 59.1 Å². The third-order valence-electron chi connectivity index (χ3n) is 3.67. The Bertz CT molecular complexity index is 929. The van der Waals surface area contributed by atoms with Crippen LogP contribution in [0.3, 0.4) is 0 Å². The fourth-order valence-electron chi connectivity index (χ4n) is 2.34. The fourth-order valence-corrected chi connectivity index (χ4v) is 2.52. The largest absolute Gasteiger partial charge is 0.507 e. The Morgan fingerprint density at radius 3 is 2.78 bits per heavy atom. The van der Waals surface area contributed by atoms with Crippen LogP contribution in [0, 0.1) is 0 Å². The minimum atomic E-state index is -0.865. The lowest BCUT2D eigenvalue weighted by atomic mass is 10.2. The average molecular weight is 386 g/mol. The molecule has 0 radical (unpaired) electrons. The molecule has 0 unspecified atom stereocenters. The van der Waals surface area contributed by atoms with Gasteiger partial charge in [-0.15, -0.1) is 0 Å². The first-order valence-corrected chi connectivity index (χ1v) is 8.41. The molecule has 0 spiro atoms. The van der Waals surface area contributed by atoms with E-state index in [0.717, 1.165) is 0 Å². The van der Waals surface area contributed by atoms with Gasteiger partial charge in [-0.25, -0.2) is 10.4 Å². The van der Waals surface area contributed by atoms with Gasteiger partial charge in [-0.2, -0.15) is 5.10 Å². The smallest absolute Gasteiger partial charge is 0.252 e. The summed E-state index contributed by atoms with van der Waals surface area (Å²) in [5.41, 5.74) is 3.55. The highest BCUT2D eigenvalue weighted by molar-refractivity contribution is 6.33. The summed E-state index contributed by atoms with van der Waals surface area (Å²) in [5.74, 6) is -0.590. The van der Waals surface area contributed by atoms with Gasteiger partial charge in [0.15, 0.2) is 0 Å². The third-order valence-corrected chi connectivity index (χ3v) is 4.00. The number of nitrogens with one attached hydrogen (secondary N) is 3. The van der Waals surface area contributed by atoms with Crippen LogP contribution in [0.2, 0.25) is 5.02 Å². The zero-order valence-electron chi connectivity index (χ0n) is 14.0. The first-order chi connectivity index (χ1) is 13.0. The van der Waals surface area contributed by atoms with E-state index in [2.05, 4.69) is 26.2 Å². The predicted octanol–water partition coefficient (Wildman–Crippen LogP) is 1.85. The van der Waals surface area contributed by atoms with Crippen LogP contribution in [0.15, 0.2) is 58.6 Å². The van der Waals surface area contributed by atoms with Gasteiger partial charge in [-0.05, 0) is 24.3 Å². The standard InChI is InChI=1S/C18H16ClN5O3/c19-12-6-2-3-7-13(12)21-16(26)9-14-17(27)23-18(22-14)24-20-10-11-5-1-4-8-15(11)25/h1-8,10,14,25H,9H2,(H,21,26)(H2,22,23,24,27)/b20-10-/t14-/m0/s1. The van der Waals surface area contributed by atoms with Crippen LogP contribution >= 0.6 is 11.6 Å². The molecule has 9 heteroatoms. The monoisotopic (exact) mass is 385 g/mol. The Labute approximate surface area is 160 Å². The zero-order chi connectivity index (χ0) is 19.2. The lowest BCUT2D eigenvalue weighted by Gasteiger charge is -2.08. The second kappa shape index (κ2) is 8.33. The number of phenolic OH excluding ortho intramolecular Hbond substituents is 1. The summed E-state index contributed by atoms with van der Waals surface area (Å²) in [5, 5.41) is 19.1. The Morgan fingerprint density at radius 2 is 2.00 bits per heavy atom. The number of carbonyl (C=O) groups is 2. The number of benzene rings is 2. The maximum absolute atomic E-state index is 12.1. The molecular formula is C18H16ClN5O3. The number of anilines is 1. The number of hydrazone groups is 1. The topological polar surface area (TPSA) is 115 Å². The first kappa shape index (κ1) is 18.4. The summed E-state index contributed by atoms with van der Waals surface area (Å²) in [7, 11) is 0. The van der Waals surface area contributed by atoms with Crippen molar-refractivity contribution in [2.45, 2.75) is 12.5 Å². The van der Waals surface area contributed by atoms with E-state index in [4.69, 9.17) is 11.6 Å². The first-order valence-electron chi connectivity index (χ1n) is 8.03. The molecule has 138 valence electrons. The quantitative estimate of drug-likeness (QED) is 0.464. The van der Waals surface area contributed by atoms with Crippen LogP contribution < -0.4 is 16.1 Å². The number of nitrogens with zero attached hydrogens (tertiary/aromatic N) is 2. The molecule has 8 nitrogen and oxygen atoms in total. The molecule has 0 saturated carbocycles. The van der Waals surface area contributed by atoms with Crippen LogP contribution in [0.1, 0.15) is 12.0 Å². The van der Waals surface area contributed by atoms with Crippen LogP contribution in [0.5, 0.6) is 5.75 Å². The lowest BCUT2D eigenvalue weighted by Crippen LogP contribution is -2.35. The molecule has 0 bridgehead atoms. The summed E-state index contributed by atoms with van der Waals surface area (Å²) in [6, 6.07) is 12.6. The number of hydrogen-bond donors (Lipinski definition) is 4. The van der Waals surface area contributed by atoms with Gasteiger partial charge < -0.3 is 10.4 Å². The van der Waals surface area contributed by atoms with Crippen LogP contribution in [-0.4, -0.2) is 35.1 Å². The molecule has 0 fully saturated rings. The number of guanidine groups is 1. The van der Waals surface area contributed by atoms with Crippen molar-refractivity contribution < 1.29 is 14.7 Å². The molecule has 0 saturated heterocycles. The van der Waals surface area contributed by atoms with Gasteiger partial charge >= 0.3 is 0 Å². The lowest BCUT2D eigenvalue weighted by molar-refractivity contribution is -0.123. The number of halogens is 1. The number of carbonyl (C=O) groups excluding carboxylic acids is 2. The molecule has 2 aromatic rings.